The highest BCUT2D eigenvalue weighted by atomic mass is 16.3. The number of piperidine rings is 1. The van der Waals surface area contributed by atoms with Crippen molar-refractivity contribution in [3.05, 3.63) is 34.9 Å². The van der Waals surface area contributed by atoms with Gasteiger partial charge in [0.05, 0.1) is 5.41 Å². The fourth-order valence-corrected chi connectivity index (χ4v) is 3.51. The van der Waals surface area contributed by atoms with E-state index in [0.29, 0.717) is 12.0 Å². The highest BCUT2D eigenvalue weighted by Gasteiger charge is 2.42. The molecule has 0 saturated carbocycles. The second kappa shape index (κ2) is 5.48. The fraction of sp³-hybridized carbons (Fsp3) is 0.500. The van der Waals surface area contributed by atoms with Gasteiger partial charge in [-0.1, -0.05) is 6.07 Å². The van der Waals surface area contributed by atoms with Crippen molar-refractivity contribution in [1.29, 1.82) is 0 Å². The smallest absolute Gasteiger partial charge is 0.253 e. The van der Waals surface area contributed by atoms with Crippen LogP contribution in [-0.4, -0.2) is 30.2 Å². The highest BCUT2D eigenvalue weighted by molar-refractivity contribution is 5.94. The average molecular weight is 288 g/mol. The summed E-state index contributed by atoms with van der Waals surface area (Å²) in [6.07, 6.45) is 4.41. The van der Waals surface area contributed by atoms with E-state index in [-0.39, 0.29) is 24.0 Å². The summed E-state index contributed by atoms with van der Waals surface area (Å²) in [5.41, 5.74) is 2.55. The van der Waals surface area contributed by atoms with Crippen LogP contribution >= 0.6 is 0 Å². The minimum atomic E-state index is -0.373. The minimum Gasteiger partial charge on any atom is -0.376 e. The zero-order chi connectivity index (χ0) is 14.9. The van der Waals surface area contributed by atoms with Gasteiger partial charge in [-0.2, -0.15) is 0 Å². The van der Waals surface area contributed by atoms with Crippen LogP contribution in [0.25, 0.3) is 0 Å². The average Bonchev–Trinajstić information content (AvgIpc) is 2.50. The summed E-state index contributed by atoms with van der Waals surface area (Å²) < 4.78 is 0. The molecule has 2 amide bonds. The largest absolute Gasteiger partial charge is 0.376 e. The lowest BCUT2D eigenvalue weighted by atomic mass is 9.67. The topological polar surface area (TPSA) is 78.4 Å². The van der Waals surface area contributed by atoms with E-state index in [1.54, 1.807) is 6.07 Å². The van der Waals surface area contributed by atoms with Crippen LogP contribution < -0.4 is 10.6 Å². The molecule has 0 bridgehead atoms. The van der Waals surface area contributed by atoms with E-state index >= 15 is 0 Å². The Bertz CT molecular complexity index is 585. The van der Waals surface area contributed by atoms with Crippen LogP contribution in [0.2, 0.25) is 0 Å². The molecule has 21 heavy (non-hydrogen) atoms. The predicted octanol–water partition coefficient (Wildman–Crippen LogP) is 0.751. The van der Waals surface area contributed by atoms with Crippen molar-refractivity contribution >= 4 is 11.8 Å². The van der Waals surface area contributed by atoms with Crippen LogP contribution in [0, 0.1) is 5.41 Å². The Hall–Kier alpha value is -1.88. The number of aliphatic hydroxyl groups is 1. The molecule has 1 aliphatic carbocycles. The molecular formula is C16H20N2O3. The quantitative estimate of drug-likeness (QED) is 0.703. The van der Waals surface area contributed by atoms with Crippen LogP contribution in [-0.2, 0) is 17.6 Å². The number of aryl methyl sites for hydroxylation is 1. The van der Waals surface area contributed by atoms with Gasteiger partial charge in [0, 0.05) is 12.1 Å². The normalized spacial score (nSPS) is 24.3. The van der Waals surface area contributed by atoms with Gasteiger partial charge < -0.3 is 15.7 Å². The van der Waals surface area contributed by atoms with E-state index in [1.165, 1.54) is 5.56 Å². The molecule has 3 N–H and O–H groups in total. The SMILES string of the molecule is O=C(NCO)c1ccc2c(c1)CC1(CCCNC1=O)CC2. The Morgan fingerprint density at radius 2 is 2.19 bits per heavy atom. The molecular weight excluding hydrogens is 268 g/mol. The molecule has 5 heteroatoms. The van der Waals surface area contributed by atoms with Crippen LogP contribution in [0.5, 0.6) is 0 Å². The van der Waals surface area contributed by atoms with Crippen LogP contribution in [0.4, 0.5) is 0 Å². The summed E-state index contributed by atoms with van der Waals surface area (Å²) in [4.78, 5) is 24.1. The van der Waals surface area contributed by atoms with Crippen LogP contribution in [0.1, 0.15) is 40.7 Å². The van der Waals surface area contributed by atoms with Gasteiger partial charge in [0.2, 0.25) is 5.91 Å². The number of aliphatic hydroxyl groups excluding tert-OH is 1. The molecule has 1 aromatic rings. The number of nitrogens with one attached hydrogen (secondary N) is 2. The molecule has 1 heterocycles. The Labute approximate surface area is 123 Å². The highest BCUT2D eigenvalue weighted by Crippen LogP contribution is 2.41. The lowest BCUT2D eigenvalue weighted by molar-refractivity contribution is -0.134. The molecule has 3 rings (SSSR count). The van der Waals surface area contributed by atoms with Gasteiger partial charge in [-0.25, -0.2) is 0 Å². The number of rotatable bonds is 2. The molecule has 1 spiro atoms. The van der Waals surface area contributed by atoms with Gasteiger partial charge in [-0.15, -0.1) is 0 Å². The first kappa shape index (κ1) is 14.1. The molecule has 112 valence electrons. The number of amides is 2. The molecule has 1 atom stereocenters. The summed E-state index contributed by atoms with van der Waals surface area (Å²) in [5.74, 6) is -0.127. The lowest BCUT2D eigenvalue weighted by Gasteiger charge is -2.40. The van der Waals surface area contributed by atoms with Crippen molar-refractivity contribution < 1.29 is 14.7 Å². The summed E-state index contributed by atoms with van der Waals surface area (Å²) in [7, 11) is 0. The van der Waals surface area contributed by atoms with Crippen LogP contribution in [0.15, 0.2) is 18.2 Å². The lowest BCUT2D eigenvalue weighted by Crippen LogP contribution is -2.48. The van der Waals surface area contributed by atoms with Crippen molar-refractivity contribution in [2.75, 3.05) is 13.3 Å². The predicted molar refractivity (Wildman–Crippen MR) is 77.7 cm³/mol. The summed E-state index contributed by atoms with van der Waals surface area (Å²) >= 11 is 0. The second-order valence-corrected chi connectivity index (χ2v) is 5.96. The number of benzene rings is 1. The Morgan fingerprint density at radius 3 is 2.95 bits per heavy atom. The third-order valence-electron chi connectivity index (χ3n) is 4.71. The molecule has 0 aromatic heterocycles. The number of hydrogen-bond donors (Lipinski definition) is 3. The Balaban J connectivity index is 1.88. The maximum atomic E-state index is 12.3. The second-order valence-electron chi connectivity index (χ2n) is 5.96. The van der Waals surface area contributed by atoms with E-state index in [0.717, 1.165) is 37.8 Å². The van der Waals surface area contributed by atoms with E-state index < -0.39 is 0 Å². The maximum Gasteiger partial charge on any atom is 0.253 e. The number of carbonyl (C=O) groups is 2. The third kappa shape index (κ3) is 2.53. The Morgan fingerprint density at radius 1 is 1.33 bits per heavy atom. The monoisotopic (exact) mass is 288 g/mol. The summed E-state index contributed by atoms with van der Waals surface area (Å²) in [6, 6.07) is 5.61. The summed E-state index contributed by atoms with van der Waals surface area (Å²) in [6.45, 7) is 0.397. The number of fused-ring (bicyclic) bond motifs is 1. The van der Waals surface area contributed by atoms with Gasteiger partial charge >= 0.3 is 0 Å². The first-order chi connectivity index (χ1) is 10.1. The first-order valence-corrected chi connectivity index (χ1v) is 7.44. The van der Waals surface area contributed by atoms with Crippen molar-refractivity contribution in [2.45, 2.75) is 32.1 Å². The van der Waals surface area contributed by atoms with Gasteiger partial charge in [-0.3, -0.25) is 9.59 Å². The molecule has 1 unspecified atom stereocenters. The molecule has 0 radical (unpaired) electrons. The fourth-order valence-electron chi connectivity index (χ4n) is 3.51. The van der Waals surface area contributed by atoms with E-state index in [4.69, 9.17) is 5.11 Å². The van der Waals surface area contributed by atoms with Gasteiger partial charge in [0.1, 0.15) is 6.73 Å². The molecule has 1 saturated heterocycles. The first-order valence-electron chi connectivity index (χ1n) is 7.44. The minimum absolute atomic E-state index is 0.157. The van der Waals surface area contributed by atoms with Gasteiger partial charge in [0.15, 0.2) is 0 Å². The summed E-state index contributed by atoms with van der Waals surface area (Å²) in [5, 5.41) is 14.2. The molecule has 5 nitrogen and oxygen atoms in total. The number of carbonyl (C=O) groups excluding carboxylic acids is 2. The molecule has 2 aliphatic rings. The van der Waals surface area contributed by atoms with Crippen molar-refractivity contribution in [3.63, 3.8) is 0 Å². The zero-order valence-corrected chi connectivity index (χ0v) is 11.9. The molecule has 1 fully saturated rings. The zero-order valence-electron chi connectivity index (χ0n) is 11.9. The van der Waals surface area contributed by atoms with Gasteiger partial charge in [-0.05, 0) is 55.4 Å². The van der Waals surface area contributed by atoms with E-state index in [1.807, 2.05) is 12.1 Å². The van der Waals surface area contributed by atoms with E-state index in [2.05, 4.69) is 10.6 Å². The van der Waals surface area contributed by atoms with E-state index in [9.17, 15) is 9.59 Å². The maximum absolute atomic E-state index is 12.3. The van der Waals surface area contributed by atoms with Gasteiger partial charge in [0.25, 0.3) is 5.91 Å². The molecule has 1 aromatic carbocycles. The standard InChI is InChI=1S/C16H20N2O3/c19-10-18-14(20)12-3-2-11-4-6-16(9-13(11)8-12)5-1-7-17-15(16)21/h2-3,8,19H,1,4-7,9-10H2,(H,17,21)(H,18,20). The van der Waals surface area contributed by atoms with Crippen molar-refractivity contribution in [2.24, 2.45) is 5.41 Å². The Kier molecular flexibility index (Phi) is 3.68. The third-order valence-corrected chi connectivity index (χ3v) is 4.71. The van der Waals surface area contributed by atoms with Crippen molar-refractivity contribution in [3.8, 4) is 0 Å². The number of hydrogen-bond acceptors (Lipinski definition) is 3. The van der Waals surface area contributed by atoms with Crippen molar-refractivity contribution in [1.82, 2.24) is 10.6 Å². The van der Waals surface area contributed by atoms with Crippen LogP contribution in [0.3, 0.4) is 0 Å². The molecule has 1 aliphatic heterocycles.